The number of benzene rings is 1. The fraction of sp³-hybridized carbons (Fsp3) is 0.611. The van der Waals surface area contributed by atoms with Gasteiger partial charge in [0.2, 0.25) is 0 Å². The molecule has 0 aliphatic carbocycles. The molecule has 24 heavy (non-hydrogen) atoms. The number of para-hydroxylation sites is 1. The molecule has 136 valence electrons. The van der Waals surface area contributed by atoms with Crippen LogP contribution >= 0.6 is 0 Å². The molecule has 0 fully saturated rings. The van der Waals surface area contributed by atoms with Gasteiger partial charge >= 0.3 is 0 Å². The van der Waals surface area contributed by atoms with Crippen molar-refractivity contribution >= 4 is 6.29 Å². The van der Waals surface area contributed by atoms with Gasteiger partial charge in [0, 0.05) is 33.2 Å². The molecular formula is C18H29NO5. The normalized spacial score (nSPS) is 10.9. The number of nitrogens with zero attached hydrogens (tertiary/aromatic N) is 1. The Balaban J connectivity index is 2.22. The third-order valence-corrected chi connectivity index (χ3v) is 3.33. The second-order valence-corrected chi connectivity index (χ2v) is 5.18. The lowest BCUT2D eigenvalue weighted by Crippen LogP contribution is -2.34. The van der Waals surface area contributed by atoms with Crippen LogP contribution in [0, 0.1) is 0 Å². The maximum absolute atomic E-state index is 10.3. The molecule has 1 aromatic carbocycles. The highest BCUT2D eigenvalue weighted by Crippen LogP contribution is 2.07. The quantitative estimate of drug-likeness (QED) is 0.337. The Morgan fingerprint density at radius 1 is 0.875 bits per heavy atom. The minimum atomic E-state index is 0.442. The first kappa shape index (κ1) is 20.6. The molecule has 1 aromatic rings. The van der Waals surface area contributed by atoms with Crippen LogP contribution < -0.4 is 4.74 Å². The van der Waals surface area contributed by atoms with Gasteiger partial charge in [-0.25, -0.2) is 0 Å². The van der Waals surface area contributed by atoms with Crippen LogP contribution in [0.15, 0.2) is 30.3 Å². The van der Waals surface area contributed by atoms with Crippen molar-refractivity contribution in [2.45, 2.75) is 6.42 Å². The van der Waals surface area contributed by atoms with Crippen molar-refractivity contribution in [1.29, 1.82) is 0 Å². The summed E-state index contributed by atoms with van der Waals surface area (Å²) in [5.41, 5.74) is 0. The number of ether oxygens (including phenoxy) is 4. The molecule has 0 heterocycles. The van der Waals surface area contributed by atoms with Crippen molar-refractivity contribution in [1.82, 2.24) is 4.90 Å². The van der Waals surface area contributed by atoms with Gasteiger partial charge in [-0.2, -0.15) is 0 Å². The van der Waals surface area contributed by atoms with E-state index in [9.17, 15) is 4.79 Å². The Hall–Kier alpha value is -1.47. The highest BCUT2D eigenvalue weighted by molar-refractivity contribution is 5.49. The van der Waals surface area contributed by atoms with Crippen molar-refractivity contribution in [3.8, 4) is 5.75 Å². The predicted octanol–water partition coefficient (Wildman–Crippen LogP) is 1.64. The molecule has 0 bridgehead atoms. The Morgan fingerprint density at radius 3 is 2.21 bits per heavy atom. The molecule has 0 N–H and O–H groups in total. The van der Waals surface area contributed by atoms with Crippen molar-refractivity contribution in [2.75, 3.05) is 66.4 Å². The van der Waals surface area contributed by atoms with Crippen molar-refractivity contribution in [3.05, 3.63) is 30.3 Å². The maximum atomic E-state index is 10.3. The summed E-state index contributed by atoms with van der Waals surface area (Å²) in [6.07, 6.45) is 1.31. The molecule has 1 rings (SSSR count). The van der Waals surface area contributed by atoms with Gasteiger partial charge in [-0.15, -0.1) is 0 Å². The van der Waals surface area contributed by atoms with Crippen molar-refractivity contribution in [3.63, 3.8) is 0 Å². The third-order valence-electron chi connectivity index (χ3n) is 3.33. The van der Waals surface area contributed by atoms with Crippen LogP contribution in [0.3, 0.4) is 0 Å². The Morgan fingerprint density at radius 2 is 1.54 bits per heavy atom. The van der Waals surface area contributed by atoms with Gasteiger partial charge < -0.3 is 23.7 Å². The fourth-order valence-electron chi connectivity index (χ4n) is 2.01. The second-order valence-electron chi connectivity index (χ2n) is 5.18. The van der Waals surface area contributed by atoms with E-state index in [0.29, 0.717) is 46.1 Å². The first-order chi connectivity index (χ1) is 11.9. The van der Waals surface area contributed by atoms with Gasteiger partial charge in [0.1, 0.15) is 18.6 Å². The lowest BCUT2D eigenvalue weighted by Gasteiger charge is -2.22. The van der Waals surface area contributed by atoms with Crippen LogP contribution in [-0.4, -0.2) is 77.6 Å². The molecule has 0 atom stereocenters. The van der Waals surface area contributed by atoms with Crippen molar-refractivity contribution < 1.29 is 23.7 Å². The highest BCUT2D eigenvalue weighted by Gasteiger charge is 2.06. The SMILES string of the molecule is COCCOCCN(CCOCCC=O)CCOc1ccccc1. The second kappa shape index (κ2) is 15.1. The van der Waals surface area contributed by atoms with Crippen LogP contribution in [0.1, 0.15) is 6.42 Å². The zero-order valence-electron chi connectivity index (χ0n) is 14.5. The highest BCUT2D eigenvalue weighted by atomic mass is 16.5. The van der Waals surface area contributed by atoms with Gasteiger partial charge in [-0.05, 0) is 12.1 Å². The average molecular weight is 339 g/mol. The van der Waals surface area contributed by atoms with Crippen LogP contribution in [0.2, 0.25) is 0 Å². The van der Waals surface area contributed by atoms with Crippen molar-refractivity contribution in [2.24, 2.45) is 0 Å². The molecule has 0 aliphatic heterocycles. The molecule has 0 radical (unpaired) electrons. The van der Waals surface area contributed by atoms with E-state index in [1.165, 1.54) is 0 Å². The van der Waals surface area contributed by atoms with Crippen LogP contribution in [-0.2, 0) is 19.0 Å². The molecule has 0 spiro atoms. The van der Waals surface area contributed by atoms with Gasteiger partial charge in [0.25, 0.3) is 0 Å². The van der Waals surface area contributed by atoms with Gasteiger partial charge in [0.15, 0.2) is 0 Å². The van der Waals surface area contributed by atoms with Gasteiger partial charge in [0.05, 0.1) is 33.0 Å². The Labute approximate surface area is 144 Å². The number of carbonyl (C=O) groups is 1. The lowest BCUT2D eigenvalue weighted by molar-refractivity contribution is -0.108. The summed E-state index contributed by atoms with van der Waals surface area (Å²) < 4.78 is 21.7. The van der Waals surface area contributed by atoms with Crippen LogP contribution in [0.5, 0.6) is 5.75 Å². The molecule has 0 aromatic heterocycles. The summed E-state index contributed by atoms with van der Waals surface area (Å²) in [7, 11) is 1.66. The molecule has 0 unspecified atom stereocenters. The first-order valence-corrected chi connectivity index (χ1v) is 8.35. The largest absolute Gasteiger partial charge is 0.492 e. The minimum absolute atomic E-state index is 0.442. The number of rotatable bonds is 16. The Bertz CT molecular complexity index is 402. The summed E-state index contributed by atoms with van der Waals surface area (Å²) >= 11 is 0. The van der Waals surface area contributed by atoms with E-state index in [2.05, 4.69) is 4.90 Å². The topological polar surface area (TPSA) is 57.2 Å². The third kappa shape index (κ3) is 11.1. The number of methoxy groups -OCH3 is 1. The smallest absolute Gasteiger partial charge is 0.122 e. The Kier molecular flexibility index (Phi) is 12.9. The molecular weight excluding hydrogens is 310 g/mol. The predicted molar refractivity (Wildman–Crippen MR) is 92.6 cm³/mol. The molecule has 6 heteroatoms. The summed E-state index contributed by atoms with van der Waals surface area (Å²) in [5, 5.41) is 0. The standard InChI is InChI=1S/C18H29NO5/c1-21-16-17-23-14-9-19(8-13-22-12-5-11-20)10-15-24-18-6-3-2-4-7-18/h2-4,6-7,11H,5,8-10,12-17H2,1H3. The number of hydrogen-bond donors (Lipinski definition) is 0. The summed E-state index contributed by atoms with van der Waals surface area (Å²) in [6.45, 7) is 5.90. The zero-order chi connectivity index (χ0) is 17.3. The number of aldehydes is 1. The summed E-state index contributed by atoms with van der Waals surface area (Å²) in [5.74, 6) is 0.871. The number of hydrogen-bond acceptors (Lipinski definition) is 6. The van der Waals surface area contributed by atoms with Gasteiger partial charge in [-0.1, -0.05) is 18.2 Å². The average Bonchev–Trinajstić information content (AvgIpc) is 2.61. The van der Waals surface area contributed by atoms with E-state index >= 15 is 0 Å². The zero-order valence-corrected chi connectivity index (χ0v) is 14.5. The van der Waals surface area contributed by atoms with E-state index in [1.807, 2.05) is 30.3 Å². The molecule has 6 nitrogen and oxygen atoms in total. The minimum Gasteiger partial charge on any atom is -0.492 e. The molecule has 0 amide bonds. The molecule has 0 saturated carbocycles. The first-order valence-electron chi connectivity index (χ1n) is 8.35. The molecule has 0 saturated heterocycles. The van der Waals surface area contributed by atoms with E-state index in [-0.39, 0.29) is 0 Å². The van der Waals surface area contributed by atoms with Crippen LogP contribution in [0.4, 0.5) is 0 Å². The van der Waals surface area contributed by atoms with E-state index < -0.39 is 0 Å². The fourth-order valence-corrected chi connectivity index (χ4v) is 2.01. The van der Waals surface area contributed by atoms with E-state index in [0.717, 1.165) is 31.7 Å². The summed E-state index contributed by atoms with van der Waals surface area (Å²) in [6, 6.07) is 9.77. The number of carbonyl (C=O) groups excluding carboxylic acids is 1. The van der Waals surface area contributed by atoms with E-state index in [4.69, 9.17) is 18.9 Å². The lowest BCUT2D eigenvalue weighted by atomic mass is 10.3. The molecule has 0 aliphatic rings. The van der Waals surface area contributed by atoms with Gasteiger partial charge in [-0.3, -0.25) is 4.90 Å². The summed E-state index contributed by atoms with van der Waals surface area (Å²) in [4.78, 5) is 12.5. The van der Waals surface area contributed by atoms with E-state index in [1.54, 1.807) is 7.11 Å². The maximum Gasteiger partial charge on any atom is 0.122 e. The van der Waals surface area contributed by atoms with Crippen LogP contribution in [0.25, 0.3) is 0 Å². The monoisotopic (exact) mass is 339 g/mol.